The first-order valence-electron chi connectivity index (χ1n) is 11.3. The molecule has 1 aliphatic rings. The smallest absolute Gasteiger partial charge is 0.229 e. The second-order valence-corrected chi connectivity index (χ2v) is 10.6. The summed E-state index contributed by atoms with van der Waals surface area (Å²) in [7, 11) is -3.48. The molecule has 0 bridgehead atoms. The number of hydrogen-bond acceptors (Lipinski definition) is 4. The summed E-state index contributed by atoms with van der Waals surface area (Å²) in [6.45, 7) is 0.974. The maximum atomic E-state index is 14.5. The van der Waals surface area contributed by atoms with Crippen LogP contribution in [0.15, 0.2) is 54.6 Å². The summed E-state index contributed by atoms with van der Waals surface area (Å²) in [4.78, 5) is 0. The van der Waals surface area contributed by atoms with Gasteiger partial charge in [-0.1, -0.05) is 12.1 Å². The number of fused-ring (bicyclic) bond motifs is 1. The summed E-state index contributed by atoms with van der Waals surface area (Å²) in [6.07, 6.45) is 2.31. The first-order chi connectivity index (χ1) is 17.1. The number of anilines is 1. The molecule has 2 heterocycles. The molecule has 0 aliphatic carbocycles. The molecule has 3 aromatic carbocycles. The van der Waals surface area contributed by atoms with E-state index in [1.165, 1.54) is 12.1 Å². The van der Waals surface area contributed by atoms with Crippen LogP contribution >= 0.6 is 0 Å². The van der Waals surface area contributed by atoms with Crippen LogP contribution in [-0.4, -0.2) is 37.6 Å². The lowest BCUT2D eigenvalue weighted by molar-refractivity contribution is 0.0843. The Morgan fingerprint density at radius 3 is 2.31 bits per heavy atom. The second-order valence-electron chi connectivity index (χ2n) is 8.85. The zero-order valence-electron chi connectivity index (χ0n) is 19.3. The fourth-order valence-electron chi connectivity index (χ4n) is 4.85. The maximum absolute atomic E-state index is 14.5. The Balaban J connectivity index is 1.83. The van der Waals surface area contributed by atoms with E-state index in [0.29, 0.717) is 59.5 Å². The highest BCUT2D eigenvalue weighted by Gasteiger charge is 2.30. The van der Waals surface area contributed by atoms with Crippen LogP contribution in [0.25, 0.3) is 27.7 Å². The molecule has 1 fully saturated rings. The summed E-state index contributed by atoms with van der Waals surface area (Å²) >= 11 is 0. The van der Waals surface area contributed by atoms with E-state index in [0.717, 1.165) is 24.5 Å². The lowest BCUT2D eigenvalue weighted by Crippen LogP contribution is -2.17. The number of phenols is 1. The minimum atomic E-state index is -3.48. The largest absolute Gasteiger partial charge is 0.507 e. The number of nitrogens with one attached hydrogen (secondary N) is 1. The van der Waals surface area contributed by atoms with Crippen molar-refractivity contribution in [3.05, 3.63) is 77.7 Å². The highest BCUT2D eigenvalue weighted by molar-refractivity contribution is 7.92. The van der Waals surface area contributed by atoms with Crippen LogP contribution in [0, 0.1) is 17.5 Å². The predicted octanol–water partition coefficient (Wildman–Crippen LogP) is 5.69. The van der Waals surface area contributed by atoms with E-state index >= 15 is 0 Å². The molecule has 4 aromatic rings. The summed E-state index contributed by atoms with van der Waals surface area (Å²) < 4.78 is 75.5. The fourth-order valence-corrected chi connectivity index (χ4v) is 5.42. The Hall–Kier alpha value is -3.50. The van der Waals surface area contributed by atoms with Crippen LogP contribution in [0.5, 0.6) is 5.75 Å². The third-order valence-electron chi connectivity index (χ3n) is 6.30. The van der Waals surface area contributed by atoms with Crippen LogP contribution in [-0.2, 0) is 14.8 Å². The van der Waals surface area contributed by atoms with Crippen molar-refractivity contribution in [2.45, 2.75) is 18.8 Å². The Kier molecular flexibility index (Phi) is 6.17. The van der Waals surface area contributed by atoms with Gasteiger partial charge >= 0.3 is 0 Å². The number of halogens is 3. The molecule has 1 saturated heterocycles. The third-order valence-corrected chi connectivity index (χ3v) is 6.90. The molecule has 10 heteroatoms. The molecule has 5 rings (SSSR count). The average molecular weight is 517 g/mol. The van der Waals surface area contributed by atoms with Gasteiger partial charge in [0.2, 0.25) is 10.0 Å². The lowest BCUT2D eigenvalue weighted by atomic mass is 9.89. The van der Waals surface area contributed by atoms with Crippen LogP contribution in [0.3, 0.4) is 0 Å². The number of rotatable bonds is 5. The second kappa shape index (κ2) is 9.18. The molecule has 6 nitrogen and oxygen atoms in total. The van der Waals surface area contributed by atoms with Gasteiger partial charge in [0.05, 0.1) is 17.2 Å². The van der Waals surface area contributed by atoms with Gasteiger partial charge < -0.3 is 14.4 Å². The zero-order valence-corrected chi connectivity index (χ0v) is 20.1. The quantitative estimate of drug-likeness (QED) is 0.357. The number of aromatic hydroxyl groups is 1. The molecule has 1 aliphatic heterocycles. The number of nitrogens with zero attached hydrogens (tertiary/aromatic N) is 1. The summed E-state index contributed by atoms with van der Waals surface area (Å²) in [5.74, 6) is -3.13. The van der Waals surface area contributed by atoms with E-state index in [1.54, 1.807) is 28.8 Å². The summed E-state index contributed by atoms with van der Waals surface area (Å²) in [5, 5.41) is 11.2. The SMILES string of the molecule is CS(=O)(=O)Nc1ccc(-c2c(C3CCOCC3)n(-c3ccc(F)c(F)c3)c3cc(F)cc(O)c23)cc1. The van der Waals surface area contributed by atoms with Crippen molar-refractivity contribution in [3.63, 3.8) is 0 Å². The van der Waals surface area contributed by atoms with Gasteiger partial charge in [-0.3, -0.25) is 4.72 Å². The van der Waals surface area contributed by atoms with Crippen LogP contribution in [0.4, 0.5) is 18.9 Å². The van der Waals surface area contributed by atoms with Crippen molar-refractivity contribution in [2.75, 3.05) is 24.2 Å². The van der Waals surface area contributed by atoms with Gasteiger partial charge in [-0.15, -0.1) is 0 Å². The maximum Gasteiger partial charge on any atom is 0.229 e. The highest BCUT2D eigenvalue weighted by atomic mass is 32.2. The van der Waals surface area contributed by atoms with Crippen molar-refractivity contribution < 1.29 is 31.4 Å². The minimum Gasteiger partial charge on any atom is -0.507 e. The first kappa shape index (κ1) is 24.2. The van der Waals surface area contributed by atoms with Crippen molar-refractivity contribution >= 4 is 26.6 Å². The normalized spacial score (nSPS) is 14.9. The fraction of sp³-hybridized carbons (Fsp3) is 0.231. The summed E-state index contributed by atoms with van der Waals surface area (Å²) in [5.41, 5.74) is 2.88. The molecular weight excluding hydrogens is 493 g/mol. The van der Waals surface area contributed by atoms with E-state index in [1.807, 2.05) is 0 Å². The van der Waals surface area contributed by atoms with Crippen LogP contribution < -0.4 is 4.72 Å². The van der Waals surface area contributed by atoms with Gasteiger partial charge in [-0.05, 0) is 48.7 Å². The monoisotopic (exact) mass is 516 g/mol. The number of hydrogen-bond donors (Lipinski definition) is 2. The van der Waals surface area contributed by atoms with E-state index in [4.69, 9.17) is 4.74 Å². The number of aromatic nitrogens is 1. The molecule has 0 spiro atoms. The molecule has 0 radical (unpaired) electrons. The number of sulfonamides is 1. The minimum absolute atomic E-state index is 0.0921. The zero-order chi connectivity index (χ0) is 25.6. The van der Waals surface area contributed by atoms with Crippen molar-refractivity contribution in [2.24, 2.45) is 0 Å². The molecule has 36 heavy (non-hydrogen) atoms. The molecule has 2 N–H and O–H groups in total. The molecular formula is C26H23F3N2O4S. The highest BCUT2D eigenvalue weighted by Crippen LogP contribution is 2.46. The van der Waals surface area contributed by atoms with Crippen LogP contribution in [0.1, 0.15) is 24.5 Å². The molecule has 0 amide bonds. The van der Waals surface area contributed by atoms with Gasteiger partial charge in [0.15, 0.2) is 11.6 Å². The van der Waals surface area contributed by atoms with E-state index in [9.17, 15) is 26.7 Å². The van der Waals surface area contributed by atoms with Crippen molar-refractivity contribution in [3.8, 4) is 22.6 Å². The summed E-state index contributed by atoms with van der Waals surface area (Å²) in [6, 6.07) is 12.3. The Morgan fingerprint density at radius 2 is 1.67 bits per heavy atom. The topological polar surface area (TPSA) is 80.6 Å². The van der Waals surface area contributed by atoms with Gasteiger partial charge in [0.25, 0.3) is 0 Å². The van der Waals surface area contributed by atoms with Crippen molar-refractivity contribution in [1.82, 2.24) is 4.57 Å². The molecule has 1 aromatic heterocycles. The molecule has 0 saturated carbocycles. The van der Waals surface area contributed by atoms with Gasteiger partial charge in [0, 0.05) is 53.9 Å². The van der Waals surface area contributed by atoms with Gasteiger partial charge in [-0.2, -0.15) is 0 Å². The molecule has 188 valence electrons. The third kappa shape index (κ3) is 4.54. The lowest BCUT2D eigenvalue weighted by Gasteiger charge is -2.26. The van der Waals surface area contributed by atoms with E-state index in [2.05, 4.69) is 4.72 Å². The van der Waals surface area contributed by atoms with E-state index < -0.39 is 27.5 Å². The van der Waals surface area contributed by atoms with Gasteiger partial charge in [0.1, 0.15) is 11.6 Å². The number of phenolic OH excluding ortho intramolecular Hbond substituents is 1. The predicted molar refractivity (Wildman–Crippen MR) is 132 cm³/mol. The molecule has 0 atom stereocenters. The Labute approximate surface area is 206 Å². The van der Waals surface area contributed by atoms with Crippen molar-refractivity contribution in [1.29, 1.82) is 0 Å². The Morgan fingerprint density at radius 1 is 0.972 bits per heavy atom. The average Bonchev–Trinajstić information content (AvgIpc) is 3.16. The Bertz CT molecular complexity index is 1560. The van der Waals surface area contributed by atoms with Gasteiger partial charge in [-0.25, -0.2) is 21.6 Å². The standard InChI is InChI=1S/C26H23F3N2O4S/c1-36(33,34)30-18-4-2-15(3-5-18)24-25-22(12-17(27)13-23(25)32)31(19-6-7-20(28)21(29)14-19)26(24)16-8-10-35-11-9-16/h2-7,12-14,16,30,32H,8-11H2,1H3. The number of ether oxygens (including phenoxy) is 1. The number of benzene rings is 3. The van der Waals surface area contributed by atoms with Crippen LogP contribution in [0.2, 0.25) is 0 Å². The molecule has 0 unspecified atom stereocenters. The first-order valence-corrected chi connectivity index (χ1v) is 13.2. The van der Waals surface area contributed by atoms with E-state index in [-0.39, 0.29) is 17.4 Å².